The van der Waals surface area contributed by atoms with Crippen molar-refractivity contribution in [1.29, 1.82) is 0 Å². The molecule has 0 saturated carbocycles. The van der Waals surface area contributed by atoms with E-state index in [1.807, 2.05) is 0 Å². The van der Waals surface area contributed by atoms with E-state index in [1.165, 1.54) is 29.8 Å². The number of hydrogen-bond donors (Lipinski definition) is 2. The second-order valence-electron chi connectivity index (χ2n) is 6.46. The molecule has 0 aliphatic carbocycles. The van der Waals surface area contributed by atoms with Crippen molar-refractivity contribution in [2.45, 2.75) is 6.92 Å². The van der Waals surface area contributed by atoms with Crippen LogP contribution in [0.25, 0.3) is 5.82 Å². The first kappa shape index (κ1) is 24.9. The minimum absolute atomic E-state index is 0.132. The maximum absolute atomic E-state index is 13.3. The van der Waals surface area contributed by atoms with E-state index in [9.17, 15) is 14.4 Å². The third-order valence-electron chi connectivity index (χ3n) is 4.12. The number of carbonyl (C=O) groups is 3. The molecule has 7 nitrogen and oxygen atoms in total. The smallest absolute Gasteiger partial charge is 0.272 e. The number of ketones is 1. The predicted molar refractivity (Wildman–Crippen MR) is 134 cm³/mol. The summed E-state index contributed by atoms with van der Waals surface area (Å²) in [5, 5.41) is 5.75. The van der Waals surface area contributed by atoms with Gasteiger partial charge in [0.1, 0.15) is 16.6 Å². The molecule has 166 valence electrons. The van der Waals surface area contributed by atoms with Gasteiger partial charge in [0, 0.05) is 15.1 Å². The van der Waals surface area contributed by atoms with Crippen LogP contribution >= 0.6 is 71.0 Å². The molecule has 0 atom stereocenters. The molecule has 0 bridgehead atoms. The fraction of sp³-hybridized carbons (Fsp3) is 0.100. The Morgan fingerprint density at radius 1 is 1.06 bits per heavy atom. The number of carbonyl (C=O) groups excluding carboxylic acids is 3. The Hall–Kier alpha value is -1.72. The number of nitrogens with zero attached hydrogens (tertiary/aromatic N) is 2. The number of hydrogen-bond acceptors (Lipinski definition) is 4. The minimum Gasteiger partial charge on any atom is -0.345 e. The van der Waals surface area contributed by atoms with Crippen LogP contribution in [-0.2, 0) is 4.79 Å². The summed E-state index contributed by atoms with van der Waals surface area (Å²) >= 11 is 22.7. The maximum atomic E-state index is 13.3. The molecule has 0 saturated heterocycles. The lowest BCUT2D eigenvalue weighted by molar-refractivity contribution is -0.116. The number of amides is 2. The Kier molecular flexibility index (Phi) is 8.16. The molecule has 0 unspecified atom stereocenters. The lowest BCUT2D eigenvalue weighted by Gasteiger charge is -2.15. The van der Waals surface area contributed by atoms with Crippen molar-refractivity contribution in [3.8, 4) is 5.82 Å². The van der Waals surface area contributed by atoms with Gasteiger partial charge in [0.15, 0.2) is 5.82 Å². The number of pyridine rings is 1. The third-order valence-corrected chi connectivity index (χ3v) is 6.70. The van der Waals surface area contributed by atoms with Gasteiger partial charge in [0.05, 0.1) is 27.3 Å². The molecule has 1 aromatic carbocycles. The molecule has 2 N–H and O–H groups in total. The zero-order valence-corrected chi connectivity index (χ0v) is 22.5. The highest BCUT2D eigenvalue weighted by Crippen LogP contribution is 2.34. The normalized spacial score (nSPS) is 10.7. The van der Waals surface area contributed by atoms with E-state index in [2.05, 4.69) is 63.4 Å². The number of aromatic nitrogens is 2. The number of rotatable bonds is 6. The van der Waals surface area contributed by atoms with E-state index in [-0.39, 0.29) is 40.2 Å². The molecule has 0 aliphatic heterocycles. The van der Waals surface area contributed by atoms with Crippen molar-refractivity contribution in [3.63, 3.8) is 0 Å². The maximum Gasteiger partial charge on any atom is 0.272 e. The highest BCUT2D eigenvalue weighted by Gasteiger charge is 2.24. The first-order chi connectivity index (χ1) is 15.1. The average Bonchev–Trinajstić information content (AvgIpc) is 3.03. The Bertz CT molecular complexity index is 1250. The van der Waals surface area contributed by atoms with Crippen LogP contribution in [0.4, 0.5) is 5.69 Å². The molecule has 2 aromatic heterocycles. The van der Waals surface area contributed by atoms with Gasteiger partial charge in [0.2, 0.25) is 0 Å². The van der Waals surface area contributed by atoms with E-state index in [1.54, 1.807) is 18.2 Å². The van der Waals surface area contributed by atoms with E-state index < -0.39 is 11.8 Å². The molecule has 32 heavy (non-hydrogen) atoms. The lowest BCUT2D eigenvalue weighted by atomic mass is 10.1. The van der Waals surface area contributed by atoms with Crippen LogP contribution in [0.3, 0.4) is 0 Å². The molecule has 0 spiro atoms. The van der Waals surface area contributed by atoms with Crippen LogP contribution in [0.15, 0.2) is 49.9 Å². The van der Waals surface area contributed by atoms with Crippen LogP contribution in [0.5, 0.6) is 0 Å². The molecule has 0 radical (unpaired) electrons. The molecule has 3 aromatic rings. The van der Waals surface area contributed by atoms with E-state index in [0.29, 0.717) is 18.4 Å². The van der Waals surface area contributed by atoms with Gasteiger partial charge in [-0.1, -0.05) is 39.1 Å². The summed E-state index contributed by atoms with van der Waals surface area (Å²) in [5.74, 6) is -1.03. The molecule has 2 heterocycles. The minimum atomic E-state index is -0.567. The van der Waals surface area contributed by atoms with Crippen molar-refractivity contribution in [2.24, 2.45) is 0 Å². The first-order valence-corrected chi connectivity index (χ1v) is 12.0. The quantitative estimate of drug-likeness (QED) is 0.336. The largest absolute Gasteiger partial charge is 0.345 e. The second-order valence-corrected chi connectivity index (χ2v) is 9.85. The average molecular weight is 668 g/mol. The van der Waals surface area contributed by atoms with Crippen molar-refractivity contribution in [3.05, 3.63) is 71.4 Å². The predicted octanol–water partition coefficient (Wildman–Crippen LogP) is 6.04. The SMILES string of the molecule is CC(=O)CNC(=O)c1cc(Br)cc(Br)c1NC(=O)c1cc(Br)c(Cl)n1-c1ncccc1Cl. The van der Waals surface area contributed by atoms with Crippen LogP contribution in [0.1, 0.15) is 27.8 Å². The third kappa shape index (κ3) is 5.43. The van der Waals surface area contributed by atoms with Gasteiger partial charge in [-0.3, -0.25) is 19.0 Å². The van der Waals surface area contributed by atoms with E-state index in [4.69, 9.17) is 23.2 Å². The fourth-order valence-electron chi connectivity index (χ4n) is 2.73. The number of anilines is 1. The zero-order chi connectivity index (χ0) is 23.6. The summed E-state index contributed by atoms with van der Waals surface area (Å²) in [6, 6.07) is 8.01. The summed E-state index contributed by atoms with van der Waals surface area (Å²) in [4.78, 5) is 41.4. The van der Waals surface area contributed by atoms with Gasteiger partial charge in [-0.2, -0.15) is 0 Å². The molecule has 12 heteroatoms. The zero-order valence-electron chi connectivity index (χ0n) is 16.2. The highest BCUT2D eigenvalue weighted by molar-refractivity contribution is 9.11. The van der Waals surface area contributed by atoms with E-state index in [0.717, 1.165) is 0 Å². The number of halogens is 5. The Morgan fingerprint density at radius 2 is 1.78 bits per heavy atom. The Morgan fingerprint density at radius 3 is 2.44 bits per heavy atom. The molecule has 3 rings (SSSR count). The van der Waals surface area contributed by atoms with Crippen LogP contribution < -0.4 is 10.6 Å². The first-order valence-electron chi connectivity index (χ1n) is 8.85. The Labute approximate surface area is 218 Å². The van der Waals surface area contributed by atoms with Gasteiger partial charge in [-0.05, 0) is 69.1 Å². The van der Waals surface area contributed by atoms with Gasteiger partial charge < -0.3 is 10.6 Å². The van der Waals surface area contributed by atoms with E-state index >= 15 is 0 Å². The summed E-state index contributed by atoms with van der Waals surface area (Å²) in [6.07, 6.45) is 1.52. The summed E-state index contributed by atoms with van der Waals surface area (Å²) in [6.45, 7) is 1.22. The second kappa shape index (κ2) is 10.5. The number of nitrogens with one attached hydrogen (secondary N) is 2. The van der Waals surface area contributed by atoms with Gasteiger partial charge in [-0.15, -0.1) is 0 Å². The van der Waals surface area contributed by atoms with Crippen molar-refractivity contribution in [2.75, 3.05) is 11.9 Å². The molecular weight excluding hydrogens is 655 g/mol. The summed E-state index contributed by atoms with van der Waals surface area (Å²) in [5.41, 5.74) is 0.499. The van der Waals surface area contributed by atoms with Gasteiger partial charge >= 0.3 is 0 Å². The van der Waals surface area contributed by atoms with Crippen molar-refractivity contribution in [1.82, 2.24) is 14.9 Å². The van der Waals surface area contributed by atoms with Crippen molar-refractivity contribution < 1.29 is 14.4 Å². The number of Topliss-reactive ketones (excluding diaryl/α,β-unsaturated/α-hetero) is 1. The summed E-state index contributed by atoms with van der Waals surface area (Å²) < 4.78 is 2.91. The molecule has 0 fully saturated rings. The van der Waals surface area contributed by atoms with Crippen molar-refractivity contribution >= 4 is 94.3 Å². The molecule has 0 aliphatic rings. The van der Waals surface area contributed by atoms with Gasteiger partial charge in [0.25, 0.3) is 11.8 Å². The Balaban J connectivity index is 2.04. The number of benzene rings is 1. The van der Waals surface area contributed by atoms with Gasteiger partial charge in [-0.25, -0.2) is 4.98 Å². The topological polar surface area (TPSA) is 93.1 Å². The van der Waals surface area contributed by atoms with Crippen LogP contribution in [-0.4, -0.2) is 33.7 Å². The van der Waals surface area contributed by atoms with Crippen LogP contribution in [0.2, 0.25) is 10.2 Å². The molecular formula is C20H13Br3Cl2N4O3. The fourth-order valence-corrected chi connectivity index (χ4v) is 4.88. The van der Waals surface area contributed by atoms with Crippen LogP contribution in [0, 0.1) is 0 Å². The summed E-state index contributed by atoms with van der Waals surface area (Å²) in [7, 11) is 0. The molecule has 2 amide bonds. The standard InChI is InChI=1S/C20H13Br3Cl2N4O3/c1-9(30)8-27-19(31)11-5-10(21)6-12(22)16(11)28-20(32)15-7-13(23)17(25)29(15)18-14(24)3-2-4-26-18/h2-7H,8H2,1H3,(H,27,31)(H,28,32). The lowest BCUT2D eigenvalue weighted by Crippen LogP contribution is -2.29. The highest BCUT2D eigenvalue weighted by atomic mass is 79.9. The monoisotopic (exact) mass is 664 g/mol.